The van der Waals surface area contributed by atoms with Crippen LogP contribution in [0.4, 0.5) is 0 Å². The van der Waals surface area contributed by atoms with Gasteiger partial charge in [0.15, 0.2) is 11.5 Å². The number of rotatable bonds is 2. The molecule has 2 aromatic heterocycles. The van der Waals surface area contributed by atoms with E-state index in [4.69, 9.17) is 4.52 Å². The van der Waals surface area contributed by atoms with E-state index in [1.807, 2.05) is 0 Å². The van der Waals surface area contributed by atoms with Crippen LogP contribution in [0.3, 0.4) is 0 Å². The van der Waals surface area contributed by atoms with Crippen LogP contribution in [0.25, 0.3) is 11.4 Å². The van der Waals surface area contributed by atoms with Crippen molar-refractivity contribution >= 4 is 0 Å². The molecule has 6 heteroatoms. The predicted octanol–water partition coefficient (Wildman–Crippen LogP) is 0.886. The summed E-state index contributed by atoms with van der Waals surface area (Å²) < 4.78 is 5.16. The number of aromatic hydroxyl groups is 1. The average Bonchev–Trinajstić information content (AvgIpc) is 2.65. The molecule has 0 spiro atoms. The van der Waals surface area contributed by atoms with E-state index in [0.29, 0.717) is 17.1 Å². The van der Waals surface area contributed by atoms with Gasteiger partial charge in [-0.2, -0.15) is 0 Å². The molecule has 81 valence electrons. The Morgan fingerprint density at radius 2 is 2.12 bits per heavy atom. The minimum Gasteiger partial charge on any atom is -0.492 e. The summed E-state index contributed by atoms with van der Waals surface area (Å²) in [6.45, 7) is 0.872. The molecule has 16 heavy (non-hydrogen) atoms. The standard InChI is InChI=1S/C10H9N4O2/c15-10-9(12-3-4-13-10)7-5-8(16-14-7)6-1-2-11-6/h3-6H,1-2H2,(H,13,15). The SMILES string of the molecule is Oc1nccnc1-c1cc(C2CC[N]2)on1. The molecule has 0 saturated carbocycles. The van der Waals surface area contributed by atoms with Gasteiger partial charge in [0, 0.05) is 25.0 Å². The van der Waals surface area contributed by atoms with Gasteiger partial charge in [-0.15, -0.1) is 0 Å². The third-order valence-corrected chi connectivity index (χ3v) is 2.53. The van der Waals surface area contributed by atoms with E-state index in [1.54, 1.807) is 6.07 Å². The van der Waals surface area contributed by atoms with Crippen LogP contribution in [0.2, 0.25) is 0 Å². The van der Waals surface area contributed by atoms with Crippen molar-refractivity contribution in [3.05, 3.63) is 24.2 Å². The molecular weight excluding hydrogens is 208 g/mol. The number of aromatic nitrogens is 3. The summed E-state index contributed by atoms with van der Waals surface area (Å²) in [4.78, 5) is 7.73. The van der Waals surface area contributed by atoms with Gasteiger partial charge in [0.25, 0.3) is 0 Å². The van der Waals surface area contributed by atoms with Crippen molar-refractivity contribution in [1.29, 1.82) is 0 Å². The molecule has 0 aromatic carbocycles. The van der Waals surface area contributed by atoms with Gasteiger partial charge in [0.2, 0.25) is 5.88 Å². The highest BCUT2D eigenvalue weighted by Gasteiger charge is 2.25. The maximum atomic E-state index is 9.50. The molecule has 1 unspecified atom stereocenters. The van der Waals surface area contributed by atoms with Crippen molar-refractivity contribution in [2.24, 2.45) is 0 Å². The molecule has 1 fully saturated rings. The minimum atomic E-state index is -0.145. The second-order valence-corrected chi connectivity index (χ2v) is 3.55. The Bertz CT molecular complexity index is 507. The van der Waals surface area contributed by atoms with E-state index in [1.165, 1.54) is 12.4 Å². The monoisotopic (exact) mass is 217 g/mol. The molecule has 2 aromatic rings. The molecule has 1 N–H and O–H groups in total. The van der Waals surface area contributed by atoms with Crippen molar-refractivity contribution in [3.63, 3.8) is 0 Å². The number of nitrogens with zero attached hydrogens (tertiary/aromatic N) is 4. The fourth-order valence-electron chi connectivity index (χ4n) is 1.56. The fraction of sp³-hybridized carbons (Fsp3) is 0.300. The van der Waals surface area contributed by atoms with Crippen LogP contribution < -0.4 is 5.32 Å². The average molecular weight is 217 g/mol. The zero-order valence-corrected chi connectivity index (χ0v) is 8.37. The maximum Gasteiger partial charge on any atom is 0.239 e. The van der Waals surface area contributed by atoms with Crippen molar-refractivity contribution in [1.82, 2.24) is 20.4 Å². The van der Waals surface area contributed by atoms with E-state index < -0.39 is 0 Å². The second-order valence-electron chi connectivity index (χ2n) is 3.55. The molecule has 6 nitrogen and oxygen atoms in total. The predicted molar refractivity (Wildman–Crippen MR) is 53.6 cm³/mol. The van der Waals surface area contributed by atoms with Gasteiger partial charge < -0.3 is 9.63 Å². The van der Waals surface area contributed by atoms with Crippen molar-refractivity contribution in [3.8, 4) is 17.3 Å². The van der Waals surface area contributed by atoms with Gasteiger partial charge in [-0.05, 0) is 6.42 Å². The lowest BCUT2D eigenvalue weighted by Crippen LogP contribution is -2.27. The molecule has 1 aliphatic heterocycles. The second kappa shape index (κ2) is 3.57. The maximum absolute atomic E-state index is 9.50. The van der Waals surface area contributed by atoms with Crippen LogP contribution in [0, 0.1) is 0 Å². The molecule has 1 atom stereocenters. The normalized spacial score (nSPS) is 19.4. The Kier molecular flexibility index (Phi) is 2.07. The summed E-state index contributed by atoms with van der Waals surface area (Å²) >= 11 is 0. The summed E-state index contributed by atoms with van der Waals surface area (Å²) in [5.74, 6) is 0.569. The van der Waals surface area contributed by atoms with Crippen LogP contribution in [0.1, 0.15) is 18.2 Å². The van der Waals surface area contributed by atoms with Gasteiger partial charge in [-0.1, -0.05) is 5.16 Å². The highest BCUT2D eigenvalue weighted by molar-refractivity contribution is 5.59. The molecule has 0 amide bonds. The Labute approximate surface area is 91.3 Å². The van der Waals surface area contributed by atoms with Crippen LogP contribution >= 0.6 is 0 Å². The zero-order chi connectivity index (χ0) is 11.0. The van der Waals surface area contributed by atoms with Gasteiger partial charge in [-0.25, -0.2) is 15.3 Å². The first-order chi connectivity index (χ1) is 7.84. The topological polar surface area (TPSA) is 86.1 Å². The Balaban J connectivity index is 1.95. The molecule has 1 radical (unpaired) electrons. The molecule has 0 aliphatic carbocycles. The van der Waals surface area contributed by atoms with Crippen molar-refractivity contribution in [2.45, 2.75) is 12.5 Å². The highest BCUT2D eigenvalue weighted by atomic mass is 16.5. The first-order valence-electron chi connectivity index (χ1n) is 4.98. The van der Waals surface area contributed by atoms with Crippen LogP contribution in [0.15, 0.2) is 23.0 Å². The number of hydrogen-bond donors (Lipinski definition) is 1. The lowest BCUT2D eigenvalue weighted by molar-refractivity contribution is 0.276. The summed E-state index contributed by atoms with van der Waals surface area (Å²) in [5.41, 5.74) is 0.819. The smallest absolute Gasteiger partial charge is 0.239 e. The highest BCUT2D eigenvalue weighted by Crippen LogP contribution is 2.29. The zero-order valence-electron chi connectivity index (χ0n) is 8.37. The fourth-order valence-corrected chi connectivity index (χ4v) is 1.56. The van der Waals surface area contributed by atoms with Gasteiger partial charge in [-0.3, -0.25) is 0 Å². The summed E-state index contributed by atoms with van der Waals surface area (Å²) in [6.07, 6.45) is 3.90. The van der Waals surface area contributed by atoms with Crippen LogP contribution in [-0.4, -0.2) is 26.8 Å². The lowest BCUT2D eigenvalue weighted by atomic mass is 10.0. The Morgan fingerprint density at radius 3 is 2.81 bits per heavy atom. The van der Waals surface area contributed by atoms with Crippen LogP contribution in [-0.2, 0) is 0 Å². The first-order valence-corrected chi connectivity index (χ1v) is 4.98. The summed E-state index contributed by atoms with van der Waals surface area (Å²) in [5, 5.41) is 17.6. The summed E-state index contributed by atoms with van der Waals surface area (Å²) in [6, 6.07) is 1.86. The minimum absolute atomic E-state index is 0.111. The van der Waals surface area contributed by atoms with E-state index in [-0.39, 0.29) is 11.9 Å². The third kappa shape index (κ3) is 1.43. The van der Waals surface area contributed by atoms with Crippen LogP contribution in [0.5, 0.6) is 5.88 Å². The first kappa shape index (κ1) is 9.29. The Morgan fingerprint density at radius 1 is 1.31 bits per heavy atom. The van der Waals surface area contributed by atoms with Gasteiger partial charge >= 0.3 is 0 Å². The van der Waals surface area contributed by atoms with Crippen molar-refractivity contribution < 1.29 is 9.63 Å². The molecule has 3 heterocycles. The van der Waals surface area contributed by atoms with E-state index in [0.717, 1.165) is 13.0 Å². The molecule has 3 rings (SSSR count). The largest absolute Gasteiger partial charge is 0.492 e. The van der Waals surface area contributed by atoms with E-state index in [9.17, 15) is 5.11 Å². The molecule has 1 saturated heterocycles. The quantitative estimate of drug-likeness (QED) is 0.807. The van der Waals surface area contributed by atoms with Crippen molar-refractivity contribution in [2.75, 3.05) is 6.54 Å². The Hall–Kier alpha value is -1.95. The molecule has 1 aliphatic rings. The number of hydrogen-bond acceptors (Lipinski definition) is 5. The lowest BCUT2D eigenvalue weighted by Gasteiger charge is -2.21. The summed E-state index contributed by atoms with van der Waals surface area (Å²) in [7, 11) is 0. The molecule has 0 bridgehead atoms. The third-order valence-electron chi connectivity index (χ3n) is 2.53. The van der Waals surface area contributed by atoms with Gasteiger partial charge in [0.1, 0.15) is 5.69 Å². The van der Waals surface area contributed by atoms with E-state index in [2.05, 4.69) is 20.4 Å². The van der Waals surface area contributed by atoms with Gasteiger partial charge in [0.05, 0.1) is 6.04 Å². The van der Waals surface area contributed by atoms with E-state index >= 15 is 0 Å². The molecular formula is C10H9N4O2.